The van der Waals surface area contributed by atoms with Gasteiger partial charge in [-0.1, -0.05) is 12.8 Å². The summed E-state index contributed by atoms with van der Waals surface area (Å²) in [6, 6.07) is 4.48. The Bertz CT molecular complexity index is 812. The lowest BCUT2D eigenvalue weighted by molar-refractivity contribution is 0.100. The fraction of sp³-hybridized carbons (Fsp3) is 0.389. The highest BCUT2D eigenvalue weighted by Crippen LogP contribution is 2.26. The maximum atomic E-state index is 14.5. The van der Waals surface area contributed by atoms with Crippen molar-refractivity contribution < 1.29 is 9.18 Å². The number of carbonyl (C=O) groups is 1. The van der Waals surface area contributed by atoms with E-state index in [0.29, 0.717) is 11.5 Å². The molecule has 0 saturated heterocycles. The molecule has 144 valence electrons. The molecule has 2 aromatic heterocycles. The van der Waals surface area contributed by atoms with Crippen LogP contribution in [-0.2, 0) is 0 Å². The zero-order valence-corrected chi connectivity index (χ0v) is 15.1. The van der Waals surface area contributed by atoms with E-state index in [4.69, 9.17) is 11.5 Å². The van der Waals surface area contributed by atoms with Crippen LogP contribution in [0.2, 0.25) is 0 Å². The van der Waals surface area contributed by atoms with E-state index in [2.05, 4.69) is 25.9 Å². The smallest absolute Gasteiger partial charge is 0.252 e. The molecular weight excluding hydrogens is 349 g/mol. The number of pyridine rings is 2. The second-order valence-electron chi connectivity index (χ2n) is 6.59. The molecule has 9 heteroatoms. The summed E-state index contributed by atoms with van der Waals surface area (Å²) in [5, 5.41) is 8.98. The first-order valence-corrected chi connectivity index (χ1v) is 8.91. The van der Waals surface area contributed by atoms with Gasteiger partial charge in [-0.05, 0) is 31.0 Å². The lowest BCUT2D eigenvalue weighted by Crippen LogP contribution is -2.43. The minimum absolute atomic E-state index is 0.0383. The molecule has 0 aliphatic heterocycles. The van der Waals surface area contributed by atoms with Gasteiger partial charge in [-0.2, -0.15) is 0 Å². The molecule has 1 aliphatic rings. The zero-order valence-electron chi connectivity index (χ0n) is 15.1. The van der Waals surface area contributed by atoms with Crippen molar-refractivity contribution in [2.45, 2.75) is 37.8 Å². The largest absolute Gasteiger partial charge is 0.373 e. The number of nitrogens with zero attached hydrogens (tertiary/aromatic N) is 2. The standard InChI is InChI=1S/C18H24FN7O/c1-22-15-7-6-10(9-23-15)24-17-11(16(21)27)8-12(19)18(26-17)25-14-5-3-2-4-13(14)20/h6-9,13-14H,2-5,20H2,1H3,(H2,21,27)(H,22,23)(H2,24,25,26). The van der Waals surface area contributed by atoms with Gasteiger partial charge in [-0.3, -0.25) is 4.79 Å². The molecule has 0 spiro atoms. The highest BCUT2D eigenvalue weighted by atomic mass is 19.1. The Morgan fingerprint density at radius 2 is 2.04 bits per heavy atom. The van der Waals surface area contributed by atoms with Crippen LogP contribution in [0, 0.1) is 5.82 Å². The molecule has 1 saturated carbocycles. The zero-order chi connectivity index (χ0) is 19.4. The van der Waals surface area contributed by atoms with Crippen molar-refractivity contribution in [1.29, 1.82) is 0 Å². The number of carbonyl (C=O) groups excluding carboxylic acids is 1. The number of primary amides is 1. The molecule has 7 N–H and O–H groups in total. The summed E-state index contributed by atoms with van der Waals surface area (Å²) in [6.07, 6.45) is 5.40. The molecule has 0 aromatic carbocycles. The molecule has 1 fully saturated rings. The molecule has 1 aliphatic carbocycles. The van der Waals surface area contributed by atoms with Crippen molar-refractivity contribution in [3.8, 4) is 0 Å². The van der Waals surface area contributed by atoms with Gasteiger partial charge in [0.25, 0.3) is 5.91 Å². The Balaban J connectivity index is 1.89. The van der Waals surface area contributed by atoms with Crippen LogP contribution in [0.4, 0.5) is 27.5 Å². The third-order valence-corrected chi connectivity index (χ3v) is 4.67. The van der Waals surface area contributed by atoms with Gasteiger partial charge in [0, 0.05) is 19.1 Å². The maximum absolute atomic E-state index is 14.5. The Hall–Kier alpha value is -2.94. The monoisotopic (exact) mass is 373 g/mol. The van der Waals surface area contributed by atoms with Gasteiger partial charge >= 0.3 is 0 Å². The summed E-state index contributed by atoms with van der Waals surface area (Å²) in [5.41, 5.74) is 12.1. The van der Waals surface area contributed by atoms with E-state index in [1.807, 2.05) is 0 Å². The Morgan fingerprint density at radius 1 is 1.26 bits per heavy atom. The number of amides is 1. The van der Waals surface area contributed by atoms with E-state index >= 15 is 0 Å². The minimum atomic E-state index is -0.773. The first kappa shape index (κ1) is 18.8. The Labute approximate surface area is 156 Å². The van der Waals surface area contributed by atoms with Gasteiger partial charge < -0.3 is 27.4 Å². The summed E-state index contributed by atoms with van der Waals surface area (Å²) >= 11 is 0. The predicted octanol–water partition coefficient (Wildman–Crippen LogP) is 2.18. The normalized spacial score (nSPS) is 19.4. The molecule has 2 aromatic rings. The fourth-order valence-electron chi connectivity index (χ4n) is 3.14. The second-order valence-corrected chi connectivity index (χ2v) is 6.59. The molecule has 1 amide bonds. The van der Waals surface area contributed by atoms with Crippen LogP contribution in [-0.4, -0.2) is 35.0 Å². The quantitative estimate of drug-likeness (QED) is 0.524. The summed E-state index contributed by atoms with van der Waals surface area (Å²) < 4.78 is 14.5. The van der Waals surface area contributed by atoms with Crippen molar-refractivity contribution in [3.63, 3.8) is 0 Å². The SMILES string of the molecule is CNc1ccc(Nc2nc(NC3CCCCC3N)c(F)cc2C(N)=O)cn1. The highest BCUT2D eigenvalue weighted by molar-refractivity contribution is 5.98. The predicted molar refractivity (Wildman–Crippen MR) is 104 cm³/mol. The van der Waals surface area contributed by atoms with E-state index in [1.54, 1.807) is 25.4 Å². The van der Waals surface area contributed by atoms with E-state index in [0.717, 1.165) is 31.7 Å². The van der Waals surface area contributed by atoms with E-state index in [-0.39, 0.29) is 29.3 Å². The van der Waals surface area contributed by atoms with Crippen molar-refractivity contribution in [2.24, 2.45) is 11.5 Å². The molecule has 2 atom stereocenters. The number of hydrogen-bond acceptors (Lipinski definition) is 7. The average molecular weight is 373 g/mol. The Morgan fingerprint density at radius 3 is 2.67 bits per heavy atom. The Kier molecular flexibility index (Phi) is 5.70. The maximum Gasteiger partial charge on any atom is 0.252 e. The number of anilines is 4. The van der Waals surface area contributed by atoms with E-state index < -0.39 is 11.7 Å². The number of hydrogen-bond donors (Lipinski definition) is 5. The molecule has 2 heterocycles. The van der Waals surface area contributed by atoms with Crippen LogP contribution in [0.5, 0.6) is 0 Å². The lowest BCUT2D eigenvalue weighted by Gasteiger charge is -2.30. The van der Waals surface area contributed by atoms with Gasteiger partial charge in [0.15, 0.2) is 11.6 Å². The third-order valence-electron chi connectivity index (χ3n) is 4.67. The van der Waals surface area contributed by atoms with Crippen LogP contribution in [0.1, 0.15) is 36.0 Å². The minimum Gasteiger partial charge on any atom is -0.373 e. The van der Waals surface area contributed by atoms with Gasteiger partial charge in [-0.15, -0.1) is 0 Å². The van der Waals surface area contributed by atoms with Crippen LogP contribution in [0.3, 0.4) is 0 Å². The summed E-state index contributed by atoms with van der Waals surface area (Å²) in [4.78, 5) is 20.2. The van der Waals surface area contributed by atoms with Gasteiger partial charge in [0.2, 0.25) is 0 Å². The number of nitrogens with two attached hydrogens (primary N) is 2. The van der Waals surface area contributed by atoms with Crippen molar-refractivity contribution in [2.75, 3.05) is 23.0 Å². The topological polar surface area (TPSA) is 131 Å². The molecule has 8 nitrogen and oxygen atoms in total. The number of rotatable bonds is 6. The molecular formula is C18H24FN7O. The molecule has 3 rings (SSSR count). The second kappa shape index (κ2) is 8.17. The highest BCUT2D eigenvalue weighted by Gasteiger charge is 2.24. The molecule has 0 radical (unpaired) electrons. The van der Waals surface area contributed by atoms with Gasteiger partial charge in [0.05, 0.1) is 17.4 Å². The lowest BCUT2D eigenvalue weighted by atomic mass is 9.91. The van der Waals surface area contributed by atoms with Gasteiger partial charge in [0.1, 0.15) is 11.6 Å². The van der Waals surface area contributed by atoms with Crippen LogP contribution in [0.25, 0.3) is 0 Å². The van der Waals surface area contributed by atoms with Crippen molar-refractivity contribution in [3.05, 3.63) is 35.8 Å². The third kappa shape index (κ3) is 4.43. The van der Waals surface area contributed by atoms with Crippen LogP contribution < -0.4 is 27.4 Å². The number of halogens is 1. The first-order valence-electron chi connectivity index (χ1n) is 8.91. The fourth-order valence-corrected chi connectivity index (χ4v) is 3.14. The first-order chi connectivity index (χ1) is 13.0. The summed E-state index contributed by atoms with van der Waals surface area (Å²) in [5.74, 6) is -0.517. The number of aromatic nitrogens is 2. The van der Waals surface area contributed by atoms with E-state index in [1.165, 1.54) is 0 Å². The summed E-state index contributed by atoms with van der Waals surface area (Å²) in [7, 11) is 1.76. The number of nitrogens with one attached hydrogen (secondary N) is 3. The van der Waals surface area contributed by atoms with Gasteiger partial charge in [-0.25, -0.2) is 14.4 Å². The molecule has 2 unspecified atom stereocenters. The van der Waals surface area contributed by atoms with E-state index in [9.17, 15) is 9.18 Å². The van der Waals surface area contributed by atoms with Crippen molar-refractivity contribution in [1.82, 2.24) is 9.97 Å². The van der Waals surface area contributed by atoms with Crippen LogP contribution in [0.15, 0.2) is 24.4 Å². The molecule has 27 heavy (non-hydrogen) atoms. The molecule has 0 bridgehead atoms. The summed E-state index contributed by atoms with van der Waals surface area (Å²) in [6.45, 7) is 0. The average Bonchev–Trinajstić information content (AvgIpc) is 2.66. The van der Waals surface area contributed by atoms with Crippen molar-refractivity contribution >= 4 is 29.0 Å². The van der Waals surface area contributed by atoms with Crippen LogP contribution >= 0.6 is 0 Å².